The van der Waals surface area contributed by atoms with E-state index in [1.807, 2.05) is 0 Å². The van der Waals surface area contributed by atoms with Crippen LogP contribution in [0.5, 0.6) is 5.75 Å². The first kappa shape index (κ1) is 28.6. The Morgan fingerprint density at radius 1 is 1.05 bits per heavy atom. The lowest BCUT2D eigenvalue weighted by molar-refractivity contribution is -0.159. The summed E-state index contributed by atoms with van der Waals surface area (Å²) >= 11 is 0. The average molecular weight is 528 g/mol. The summed E-state index contributed by atoms with van der Waals surface area (Å²) in [5.41, 5.74) is 0.622. The number of carbonyl (C=O) groups is 4. The second-order valence-electron chi connectivity index (χ2n) is 10.4. The molecular formula is C28H34FN3O6. The molecule has 1 N–H and O–H groups in total. The minimum Gasteiger partial charge on any atom is -0.458 e. The minimum atomic E-state index is -1.01. The first-order valence-corrected chi connectivity index (χ1v) is 12.4. The van der Waals surface area contributed by atoms with Crippen molar-refractivity contribution in [2.45, 2.75) is 64.3 Å². The first-order chi connectivity index (χ1) is 17.8. The summed E-state index contributed by atoms with van der Waals surface area (Å²) in [4.78, 5) is 53.4. The molecule has 2 aromatic carbocycles. The maximum atomic E-state index is 13.3. The Balaban J connectivity index is 1.74. The molecule has 0 bridgehead atoms. The fraction of sp³-hybridized carbons (Fsp3) is 0.429. The van der Waals surface area contributed by atoms with Crippen LogP contribution in [-0.2, 0) is 32.1 Å². The molecule has 10 heteroatoms. The predicted molar refractivity (Wildman–Crippen MR) is 138 cm³/mol. The minimum absolute atomic E-state index is 0.126. The molecule has 0 aromatic heterocycles. The fourth-order valence-corrected chi connectivity index (χ4v) is 3.95. The molecule has 1 heterocycles. The molecule has 1 aliphatic rings. The Morgan fingerprint density at radius 2 is 1.66 bits per heavy atom. The molecule has 0 saturated carbocycles. The number of likely N-dealkylation sites (tertiary alicyclic amines) is 1. The third-order valence-corrected chi connectivity index (χ3v) is 5.84. The highest BCUT2D eigenvalue weighted by Gasteiger charge is 2.38. The van der Waals surface area contributed by atoms with Crippen molar-refractivity contribution in [1.29, 1.82) is 0 Å². The highest BCUT2D eigenvalue weighted by molar-refractivity contribution is 5.93. The lowest BCUT2D eigenvalue weighted by Crippen LogP contribution is -2.52. The Hall–Kier alpha value is -3.95. The predicted octanol–water partition coefficient (Wildman–Crippen LogP) is 3.45. The van der Waals surface area contributed by atoms with Gasteiger partial charge in [0.1, 0.15) is 29.3 Å². The Morgan fingerprint density at radius 3 is 2.24 bits per heavy atom. The van der Waals surface area contributed by atoms with Crippen LogP contribution in [0.4, 0.5) is 9.18 Å². The van der Waals surface area contributed by atoms with Gasteiger partial charge in [-0.1, -0.05) is 24.3 Å². The number of nitrogens with zero attached hydrogens (tertiary/aromatic N) is 2. The number of ether oxygens (including phenoxy) is 2. The third kappa shape index (κ3) is 8.03. The Kier molecular flexibility index (Phi) is 9.08. The van der Waals surface area contributed by atoms with Gasteiger partial charge in [0.2, 0.25) is 11.8 Å². The van der Waals surface area contributed by atoms with Crippen molar-refractivity contribution in [3.05, 3.63) is 65.5 Å². The number of rotatable bonds is 8. The molecule has 2 aromatic rings. The summed E-state index contributed by atoms with van der Waals surface area (Å²) in [5.74, 6) is -1.31. The summed E-state index contributed by atoms with van der Waals surface area (Å²) < 4.78 is 24.1. The van der Waals surface area contributed by atoms with Gasteiger partial charge in [0.15, 0.2) is 0 Å². The van der Waals surface area contributed by atoms with E-state index < -0.39 is 35.7 Å². The quantitative estimate of drug-likeness (QED) is 0.528. The van der Waals surface area contributed by atoms with Crippen molar-refractivity contribution in [2.24, 2.45) is 0 Å². The lowest BCUT2D eigenvalue weighted by Gasteiger charge is -2.28. The number of amides is 3. The highest BCUT2D eigenvalue weighted by Crippen LogP contribution is 2.23. The van der Waals surface area contributed by atoms with Gasteiger partial charge in [0, 0.05) is 33.5 Å². The summed E-state index contributed by atoms with van der Waals surface area (Å²) in [6.45, 7) is 5.36. The number of esters is 1. The van der Waals surface area contributed by atoms with Crippen LogP contribution in [0, 0.1) is 5.82 Å². The van der Waals surface area contributed by atoms with Crippen molar-refractivity contribution < 1.29 is 33.0 Å². The molecule has 1 aliphatic heterocycles. The number of hydrogen-bond acceptors (Lipinski definition) is 6. The van der Waals surface area contributed by atoms with Crippen molar-refractivity contribution in [1.82, 2.24) is 15.1 Å². The van der Waals surface area contributed by atoms with Crippen LogP contribution in [0.15, 0.2) is 48.5 Å². The maximum Gasteiger partial charge on any atom is 0.414 e. The summed E-state index contributed by atoms with van der Waals surface area (Å²) in [6, 6.07) is 10.6. The van der Waals surface area contributed by atoms with Gasteiger partial charge in [-0.25, -0.2) is 14.0 Å². The van der Waals surface area contributed by atoms with Crippen LogP contribution < -0.4 is 10.1 Å². The van der Waals surface area contributed by atoms with Crippen LogP contribution in [0.25, 0.3) is 0 Å². The van der Waals surface area contributed by atoms with E-state index in [9.17, 15) is 23.6 Å². The van der Waals surface area contributed by atoms with E-state index in [-0.39, 0.29) is 31.1 Å². The van der Waals surface area contributed by atoms with E-state index >= 15 is 0 Å². The third-order valence-electron chi connectivity index (χ3n) is 5.84. The van der Waals surface area contributed by atoms with Crippen LogP contribution in [0.1, 0.15) is 44.7 Å². The number of halogens is 1. The average Bonchev–Trinajstić information content (AvgIpc) is 3.20. The molecule has 0 radical (unpaired) electrons. The molecule has 1 fully saturated rings. The van der Waals surface area contributed by atoms with E-state index in [2.05, 4.69) is 5.32 Å². The second-order valence-corrected chi connectivity index (χ2v) is 10.4. The summed E-state index contributed by atoms with van der Waals surface area (Å²) in [6.07, 6.45) is 0.108. The monoisotopic (exact) mass is 527 g/mol. The van der Waals surface area contributed by atoms with Crippen molar-refractivity contribution in [2.75, 3.05) is 14.1 Å². The number of nitrogens with one attached hydrogen (secondary N) is 1. The zero-order chi connectivity index (χ0) is 28.0. The second kappa shape index (κ2) is 12.1. The Labute approximate surface area is 221 Å². The van der Waals surface area contributed by atoms with Gasteiger partial charge in [-0.05, 0) is 62.6 Å². The standard InChI is InChI=1S/C28H34FN3O6/c1-28(2,3)38-26(35)22(16-18-8-12-21(13-9-18)37-27(36)31(4)5)30-25(34)23-14-15-24(33)32(23)17-19-6-10-20(29)11-7-19/h6-13,22-23H,14-17H2,1-5H3,(H,30,34)/t22-,23-/m0/s1. The molecular weight excluding hydrogens is 493 g/mol. The van der Waals surface area contributed by atoms with Crippen LogP contribution in [0.3, 0.4) is 0 Å². The van der Waals surface area contributed by atoms with Gasteiger partial charge in [-0.3, -0.25) is 9.59 Å². The van der Waals surface area contributed by atoms with Crippen molar-refractivity contribution >= 4 is 23.9 Å². The van der Waals surface area contributed by atoms with Crippen molar-refractivity contribution in [3.8, 4) is 5.75 Å². The molecule has 3 rings (SSSR count). The van der Waals surface area contributed by atoms with E-state index in [0.717, 1.165) is 0 Å². The Bertz CT molecular complexity index is 1160. The fourth-order valence-electron chi connectivity index (χ4n) is 3.95. The van der Waals surface area contributed by atoms with E-state index in [0.29, 0.717) is 23.3 Å². The lowest BCUT2D eigenvalue weighted by atomic mass is 10.0. The number of carbonyl (C=O) groups excluding carboxylic acids is 4. The molecule has 0 unspecified atom stereocenters. The van der Waals surface area contributed by atoms with E-state index in [4.69, 9.17) is 9.47 Å². The normalized spacial score (nSPS) is 16.1. The van der Waals surface area contributed by atoms with Crippen LogP contribution >= 0.6 is 0 Å². The molecule has 1 saturated heterocycles. The highest BCUT2D eigenvalue weighted by atomic mass is 19.1. The maximum absolute atomic E-state index is 13.3. The zero-order valence-electron chi connectivity index (χ0n) is 22.3. The largest absolute Gasteiger partial charge is 0.458 e. The molecule has 0 spiro atoms. The van der Waals surface area contributed by atoms with E-state index in [1.165, 1.54) is 21.9 Å². The zero-order valence-corrected chi connectivity index (χ0v) is 22.3. The smallest absolute Gasteiger partial charge is 0.414 e. The summed E-state index contributed by atoms with van der Waals surface area (Å²) in [7, 11) is 3.15. The molecule has 3 amide bonds. The van der Waals surface area contributed by atoms with Crippen LogP contribution in [0.2, 0.25) is 0 Å². The molecule has 38 heavy (non-hydrogen) atoms. The van der Waals surface area contributed by atoms with Gasteiger partial charge in [-0.2, -0.15) is 0 Å². The number of benzene rings is 2. The van der Waals surface area contributed by atoms with Gasteiger partial charge >= 0.3 is 12.1 Å². The first-order valence-electron chi connectivity index (χ1n) is 12.4. The van der Waals surface area contributed by atoms with Gasteiger partial charge in [0.05, 0.1) is 0 Å². The molecule has 9 nitrogen and oxygen atoms in total. The van der Waals surface area contributed by atoms with E-state index in [1.54, 1.807) is 71.3 Å². The molecule has 0 aliphatic carbocycles. The SMILES string of the molecule is CN(C)C(=O)Oc1ccc(C[C@H](NC(=O)[C@@H]2CCC(=O)N2Cc2ccc(F)cc2)C(=O)OC(C)(C)C)cc1. The van der Waals surface area contributed by atoms with Gasteiger partial charge < -0.3 is 24.6 Å². The number of hydrogen-bond donors (Lipinski definition) is 1. The summed E-state index contributed by atoms with van der Waals surface area (Å²) in [5, 5.41) is 2.78. The van der Waals surface area contributed by atoms with Gasteiger partial charge in [-0.15, -0.1) is 0 Å². The molecule has 204 valence electrons. The van der Waals surface area contributed by atoms with Crippen LogP contribution in [-0.4, -0.2) is 65.5 Å². The molecule has 2 atom stereocenters. The van der Waals surface area contributed by atoms with Gasteiger partial charge in [0.25, 0.3) is 0 Å². The van der Waals surface area contributed by atoms with Crippen molar-refractivity contribution in [3.63, 3.8) is 0 Å². The topological polar surface area (TPSA) is 105 Å².